The fourth-order valence-corrected chi connectivity index (χ4v) is 4.48. The molecule has 0 aliphatic carbocycles. The van der Waals surface area contributed by atoms with Gasteiger partial charge in [0.05, 0.1) is 6.54 Å². The summed E-state index contributed by atoms with van der Waals surface area (Å²) in [6.07, 6.45) is 2.11. The first-order valence-electron chi connectivity index (χ1n) is 9.62. The second-order valence-corrected chi connectivity index (χ2v) is 7.48. The zero-order valence-electron chi connectivity index (χ0n) is 15.6. The molecule has 0 spiro atoms. The van der Waals surface area contributed by atoms with E-state index in [2.05, 4.69) is 47.4 Å². The predicted octanol–water partition coefficient (Wildman–Crippen LogP) is 3.06. The van der Waals surface area contributed by atoms with Gasteiger partial charge in [-0.3, -0.25) is 9.69 Å². The molecule has 0 aromatic heterocycles. The van der Waals surface area contributed by atoms with Crippen LogP contribution in [0.4, 0.5) is 5.69 Å². The Morgan fingerprint density at radius 1 is 1.04 bits per heavy atom. The molecule has 0 bridgehead atoms. The van der Waals surface area contributed by atoms with Crippen LogP contribution in [0.15, 0.2) is 54.6 Å². The number of anilines is 1. The average molecular weight is 386 g/mol. The van der Waals surface area contributed by atoms with Crippen LogP contribution < -0.4 is 10.6 Å². The van der Waals surface area contributed by atoms with E-state index >= 15 is 0 Å². The first kappa shape index (κ1) is 19.9. The Hall–Kier alpha value is -1.88. The molecule has 2 aliphatic heterocycles. The van der Waals surface area contributed by atoms with Crippen LogP contribution in [0.1, 0.15) is 23.5 Å². The second kappa shape index (κ2) is 8.87. The molecule has 1 saturated heterocycles. The van der Waals surface area contributed by atoms with Crippen LogP contribution in [0.25, 0.3) is 0 Å². The number of amides is 1. The van der Waals surface area contributed by atoms with Crippen molar-refractivity contribution in [2.75, 3.05) is 37.6 Å². The maximum atomic E-state index is 13.0. The van der Waals surface area contributed by atoms with Crippen molar-refractivity contribution in [2.45, 2.75) is 18.8 Å². The van der Waals surface area contributed by atoms with Gasteiger partial charge in [0.1, 0.15) is 0 Å². The molecule has 0 saturated carbocycles. The smallest absolute Gasteiger partial charge is 0.241 e. The Labute approximate surface area is 167 Å². The summed E-state index contributed by atoms with van der Waals surface area (Å²) < 4.78 is 0. The van der Waals surface area contributed by atoms with Crippen LogP contribution in [0.3, 0.4) is 0 Å². The molecule has 2 atom stereocenters. The molecule has 1 fully saturated rings. The quantitative estimate of drug-likeness (QED) is 0.879. The molecule has 5 heteroatoms. The van der Waals surface area contributed by atoms with E-state index in [1.165, 1.54) is 11.1 Å². The number of likely N-dealkylation sites (tertiary alicyclic amines) is 1. The molecule has 2 aromatic carbocycles. The van der Waals surface area contributed by atoms with Crippen molar-refractivity contribution >= 4 is 24.0 Å². The number of carbonyl (C=O) groups excluding carboxylic acids is 1. The zero-order valence-corrected chi connectivity index (χ0v) is 16.4. The van der Waals surface area contributed by atoms with Gasteiger partial charge >= 0.3 is 0 Å². The SMILES string of the molecule is Cl.NC[C@@H]1CN(CC(=O)N2CCCc3ccccc32)C[C@H]1c1ccccc1. The highest BCUT2D eigenvalue weighted by Crippen LogP contribution is 2.32. The fraction of sp³-hybridized carbons (Fsp3) is 0.409. The Balaban J connectivity index is 0.00000210. The summed E-state index contributed by atoms with van der Waals surface area (Å²) in [5.74, 6) is 1.04. The normalized spacial score (nSPS) is 22.2. The number of rotatable bonds is 4. The lowest BCUT2D eigenvalue weighted by Crippen LogP contribution is -2.42. The predicted molar refractivity (Wildman–Crippen MR) is 113 cm³/mol. The number of nitrogens with two attached hydrogens (primary N) is 1. The number of nitrogens with zero attached hydrogens (tertiary/aromatic N) is 2. The molecular weight excluding hydrogens is 358 g/mol. The summed E-state index contributed by atoms with van der Waals surface area (Å²) in [5, 5.41) is 0. The van der Waals surface area contributed by atoms with E-state index in [1.807, 2.05) is 17.0 Å². The largest absolute Gasteiger partial charge is 0.330 e. The lowest BCUT2D eigenvalue weighted by atomic mass is 9.89. The van der Waals surface area contributed by atoms with Gasteiger partial charge in [-0.1, -0.05) is 48.5 Å². The van der Waals surface area contributed by atoms with Crippen LogP contribution in [-0.2, 0) is 11.2 Å². The van der Waals surface area contributed by atoms with Crippen molar-refractivity contribution in [3.05, 3.63) is 65.7 Å². The van der Waals surface area contributed by atoms with Crippen molar-refractivity contribution < 1.29 is 4.79 Å². The summed E-state index contributed by atoms with van der Waals surface area (Å²) in [7, 11) is 0. The van der Waals surface area contributed by atoms with E-state index in [1.54, 1.807) is 0 Å². The summed E-state index contributed by atoms with van der Waals surface area (Å²) in [6.45, 7) is 3.78. The molecule has 2 aliphatic rings. The fourth-order valence-electron chi connectivity index (χ4n) is 4.48. The van der Waals surface area contributed by atoms with Gasteiger partial charge in [-0.25, -0.2) is 0 Å². The number of benzene rings is 2. The molecule has 1 amide bonds. The van der Waals surface area contributed by atoms with Crippen molar-refractivity contribution in [3.63, 3.8) is 0 Å². The van der Waals surface area contributed by atoms with E-state index in [0.717, 1.165) is 38.2 Å². The molecule has 27 heavy (non-hydrogen) atoms. The maximum Gasteiger partial charge on any atom is 0.241 e. The number of hydrogen-bond acceptors (Lipinski definition) is 3. The van der Waals surface area contributed by atoms with Gasteiger partial charge in [-0.2, -0.15) is 0 Å². The Morgan fingerprint density at radius 2 is 1.78 bits per heavy atom. The highest BCUT2D eigenvalue weighted by Gasteiger charge is 2.34. The molecule has 2 heterocycles. The maximum absolute atomic E-state index is 13.0. The Kier molecular flexibility index (Phi) is 6.53. The third kappa shape index (κ3) is 4.18. The Bertz CT molecular complexity index is 767. The summed E-state index contributed by atoms with van der Waals surface area (Å²) >= 11 is 0. The van der Waals surface area contributed by atoms with E-state index in [9.17, 15) is 4.79 Å². The van der Waals surface area contributed by atoms with Crippen LogP contribution in [0.2, 0.25) is 0 Å². The van der Waals surface area contributed by atoms with Gasteiger partial charge in [-0.05, 0) is 42.5 Å². The molecule has 2 aromatic rings. The number of hydrogen-bond donors (Lipinski definition) is 1. The minimum atomic E-state index is 0. The van der Waals surface area contributed by atoms with Crippen molar-refractivity contribution in [3.8, 4) is 0 Å². The number of carbonyl (C=O) groups is 1. The topological polar surface area (TPSA) is 49.6 Å². The molecule has 4 rings (SSSR count). The van der Waals surface area contributed by atoms with Crippen molar-refractivity contribution in [2.24, 2.45) is 11.7 Å². The average Bonchev–Trinajstić information content (AvgIpc) is 3.11. The summed E-state index contributed by atoms with van der Waals surface area (Å²) in [5.41, 5.74) is 9.76. The van der Waals surface area contributed by atoms with Crippen LogP contribution >= 0.6 is 12.4 Å². The highest BCUT2D eigenvalue weighted by molar-refractivity contribution is 5.96. The third-order valence-corrected chi connectivity index (χ3v) is 5.82. The first-order chi connectivity index (χ1) is 12.8. The molecule has 0 unspecified atom stereocenters. The molecule has 2 N–H and O–H groups in total. The lowest BCUT2D eigenvalue weighted by molar-refractivity contribution is -0.119. The molecule has 0 radical (unpaired) electrons. The van der Waals surface area contributed by atoms with Gasteiger partial charge in [0.15, 0.2) is 0 Å². The number of halogens is 1. The van der Waals surface area contributed by atoms with Crippen LogP contribution in [-0.4, -0.2) is 43.5 Å². The summed E-state index contributed by atoms with van der Waals surface area (Å²) in [6, 6.07) is 18.9. The number of para-hydroxylation sites is 1. The van der Waals surface area contributed by atoms with E-state index in [0.29, 0.717) is 24.9 Å². The lowest BCUT2D eigenvalue weighted by Gasteiger charge is -2.31. The van der Waals surface area contributed by atoms with Crippen LogP contribution in [0, 0.1) is 5.92 Å². The highest BCUT2D eigenvalue weighted by atomic mass is 35.5. The molecular formula is C22H28ClN3O. The van der Waals surface area contributed by atoms with Gasteiger partial charge in [0.25, 0.3) is 0 Å². The summed E-state index contributed by atoms with van der Waals surface area (Å²) in [4.78, 5) is 17.3. The number of aryl methyl sites for hydroxylation is 1. The minimum absolute atomic E-state index is 0. The van der Waals surface area contributed by atoms with Gasteiger partial charge < -0.3 is 10.6 Å². The van der Waals surface area contributed by atoms with Gasteiger partial charge in [0.2, 0.25) is 5.91 Å². The van der Waals surface area contributed by atoms with E-state index in [4.69, 9.17) is 5.73 Å². The first-order valence-corrected chi connectivity index (χ1v) is 9.62. The van der Waals surface area contributed by atoms with E-state index < -0.39 is 0 Å². The van der Waals surface area contributed by atoms with Crippen molar-refractivity contribution in [1.82, 2.24) is 4.90 Å². The van der Waals surface area contributed by atoms with Crippen LogP contribution in [0.5, 0.6) is 0 Å². The molecule has 4 nitrogen and oxygen atoms in total. The third-order valence-electron chi connectivity index (χ3n) is 5.82. The standard InChI is InChI=1S/C22H27N3O.ClH/c23-13-19-14-24(15-20(19)17-7-2-1-3-8-17)16-22(26)25-12-6-10-18-9-4-5-11-21(18)25;/h1-5,7-9,11,19-20H,6,10,12-16,23H2;1H/t19-,20+;/m1./s1. The minimum Gasteiger partial charge on any atom is -0.330 e. The number of fused-ring (bicyclic) bond motifs is 1. The second-order valence-electron chi connectivity index (χ2n) is 7.48. The Morgan fingerprint density at radius 3 is 2.56 bits per heavy atom. The molecule has 144 valence electrons. The van der Waals surface area contributed by atoms with E-state index in [-0.39, 0.29) is 18.3 Å². The van der Waals surface area contributed by atoms with Gasteiger partial charge in [0, 0.05) is 31.2 Å². The zero-order chi connectivity index (χ0) is 17.9. The van der Waals surface area contributed by atoms with Crippen molar-refractivity contribution in [1.29, 1.82) is 0 Å². The van der Waals surface area contributed by atoms with Gasteiger partial charge in [-0.15, -0.1) is 12.4 Å². The monoisotopic (exact) mass is 385 g/mol.